The van der Waals surface area contributed by atoms with Crippen LogP contribution < -0.4 is 5.11 Å². The van der Waals surface area contributed by atoms with E-state index in [0.717, 1.165) is 0 Å². The van der Waals surface area contributed by atoms with Gasteiger partial charge in [-0.1, -0.05) is 23.7 Å². The Morgan fingerprint density at radius 2 is 2.06 bits per heavy atom. The fraction of sp³-hybridized carbons (Fsp3) is 0. The first-order valence-corrected chi connectivity index (χ1v) is 5.06. The number of carboxylic acids is 1. The molecule has 0 aliphatic rings. The lowest BCUT2D eigenvalue weighted by atomic mass is 10.1. The minimum Gasteiger partial charge on any atom is -0.545 e. The molecule has 0 N–H and O–H groups in total. The summed E-state index contributed by atoms with van der Waals surface area (Å²) in [6, 6.07) is 7.43. The summed E-state index contributed by atoms with van der Waals surface area (Å²) in [5.41, 5.74) is 0.505. The number of carboxylic acid groups (broad SMARTS) is 1. The van der Waals surface area contributed by atoms with E-state index in [1.165, 1.54) is 24.3 Å². The van der Waals surface area contributed by atoms with Gasteiger partial charge < -0.3 is 14.3 Å². The van der Waals surface area contributed by atoms with E-state index in [4.69, 9.17) is 16.0 Å². The Kier molecular flexibility index (Phi) is 2.97. The van der Waals surface area contributed by atoms with Crippen LogP contribution in [0, 0.1) is 0 Å². The van der Waals surface area contributed by atoms with Gasteiger partial charge in [-0.25, -0.2) is 0 Å². The smallest absolute Gasteiger partial charge is 0.185 e. The molecule has 0 radical (unpaired) electrons. The van der Waals surface area contributed by atoms with E-state index in [1.54, 1.807) is 6.07 Å². The molecule has 2 rings (SSSR count). The average Bonchev–Trinajstić information content (AvgIpc) is 2.76. The molecule has 4 nitrogen and oxygen atoms in total. The predicted molar refractivity (Wildman–Crippen MR) is 58.9 cm³/mol. The predicted octanol–water partition coefficient (Wildman–Crippen LogP) is 1.78. The zero-order chi connectivity index (χ0) is 12.4. The highest BCUT2D eigenvalue weighted by molar-refractivity contribution is 6.33. The molecular formula is C12H6ClO4-. The van der Waals surface area contributed by atoms with Crippen LogP contribution in [-0.2, 0) is 0 Å². The van der Waals surface area contributed by atoms with Gasteiger partial charge in [0.2, 0.25) is 0 Å². The van der Waals surface area contributed by atoms with Crippen LogP contribution in [0.5, 0.6) is 0 Å². The Labute approximate surface area is 101 Å². The lowest BCUT2D eigenvalue weighted by molar-refractivity contribution is -0.255. The van der Waals surface area contributed by atoms with Crippen molar-refractivity contribution in [2.24, 2.45) is 0 Å². The maximum atomic E-state index is 10.7. The molecule has 0 amide bonds. The molecule has 0 saturated carbocycles. The number of rotatable bonds is 3. The number of hydrogen-bond donors (Lipinski definition) is 0. The van der Waals surface area contributed by atoms with E-state index in [9.17, 15) is 14.7 Å². The van der Waals surface area contributed by atoms with Gasteiger partial charge >= 0.3 is 0 Å². The molecule has 0 bridgehead atoms. The lowest BCUT2D eigenvalue weighted by Crippen LogP contribution is -2.22. The minimum absolute atomic E-state index is 0.0616. The van der Waals surface area contributed by atoms with Crippen LogP contribution in [0.3, 0.4) is 0 Å². The first-order valence-electron chi connectivity index (χ1n) is 4.68. The summed E-state index contributed by atoms with van der Waals surface area (Å²) in [4.78, 5) is 21.1. The molecule has 5 heteroatoms. The normalized spacial score (nSPS) is 10.2. The number of carbonyl (C=O) groups excluding carboxylic acids is 2. The van der Waals surface area contributed by atoms with Crippen molar-refractivity contribution in [3.8, 4) is 11.3 Å². The monoisotopic (exact) mass is 249 g/mol. The summed E-state index contributed by atoms with van der Waals surface area (Å²) < 4.78 is 5.18. The maximum Gasteiger partial charge on any atom is 0.185 e. The van der Waals surface area contributed by atoms with Crippen molar-refractivity contribution in [3.63, 3.8) is 0 Å². The largest absolute Gasteiger partial charge is 0.545 e. The van der Waals surface area contributed by atoms with Crippen molar-refractivity contribution >= 4 is 23.9 Å². The Bertz CT molecular complexity index is 586. The zero-order valence-corrected chi connectivity index (χ0v) is 9.23. The van der Waals surface area contributed by atoms with Crippen molar-refractivity contribution in [1.29, 1.82) is 0 Å². The highest BCUT2D eigenvalue weighted by atomic mass is 35.5. The summed E-state index contributed by atoms with van der Waals surface area (Å²) in [5.74, 6) is -0.700. The minimum atomic E-state index is -1.34. The zero-order valence-electron chi connectivity index (χ0n) is 8.48. The molecule has 1 aromatic carbocycles. The molecular weight excluding hydrogens is 244 g/mol. The lowest BCUT2D eigenvalue weighted by Gasteiger charge is -2.06. The second-order valence-electron chi connectivity index (χ2n) is 3.30. The van der Waals surface area contributed by atoms with Crippen molar-refractivity contribution < 1.29 is 19.1 Å². The van der Waals surface area contributed by atoms with Gasteiger partial charge in [-0.15, -0.1) is 0 Å². The van der Waals surface area contributed by atoms with E-state index in [0.29, 0.717) is 17.6 Å². The number of aromatic carboxylic acids is 1. The summed E-state index contributed by atoms with van der Waals surface area (Å²) in [6.45, 7) is 0. The molecule has 17 heavy (non-hydrogen) atoms. The maximum absolute atomic E-state index is 10.7. The fourth-order valence-corrected chi connectivity index (χ4v) is 1.66. The molecule has 1 heterocycles. The fourth-order valence-electron chi connectivity index (χ4n) is 1.41. The third-order valence-corrected chi connectivity index (χ3v) is 2.53. The van der Waals surface area contributed by atoms with Crippen LogP contribution in [0.25, 0.3) is 11.3 Å². The summed E-state index contributed by atoms with van der Waals surface area (Å²) >= 11 is 5.78. The molecule has 0 saturated heterocycles. The Morgan fingerprint density at radius 3 is 2.59 bits per heavy atom. The van der Waals surface area contributed by atoms with E-state index < -0.39 is 5.97 Å². The number of carbonyl (C=O) groups is 2. The van der Waals surface area contributed by atoms with Crippen LogP contribution in [0.15, 0.2) is 34.7 Å². The van der Waals surface area contributed by atoms with Gasteiger partial charge in [0.05, 0.1) is 11.0 Å². The molecule has 0 atom stereocenters. The number of hydrogen-bond acceptors (Lipinski definition) is 4. The average molecular weight is 250 g/mol. The first-order chi connectivity index (χ1) is 8.11. The van der Waals surface area contributed by atoms with Crippen molar-refractivity contribution in [2.45, 2.75) is 0 Å². The van der Waals surface area contributed by atoms with E-state index in [-0.39, 0.29) is 16.3 Å². The Morgan fingerprint density at radius 1 is 1.29 bits per heavy atom. The van der Waals surface area contributed by atoms with Gasteiger partial charge in [-0.2, -0.15) is 0 Å². The van der Waals surface area contributed by atoms with Gasteiger partial charge in [0.15, 0.2) is 12.0 Å². The van der Waals surface area contributed by atoms with Gasteiger partial charge in [0, 0.05) is 11.1 Å². The molecule has 2 aromatic rings. The third kappa shape index (κ3) is 2.21. The molecule has 0 aliphatic carbocycles. The van der Waals surface area contributed by atoms with E-state index in [2.05, 4.69) is 0 Å². The van der Waals surface area contributed by atoms with Crippen LogP contribution in [0.1, 0.15) is 20.9 Å². The molecule has 0 unspecified atom stereocenters. The third-order valence-electron chi connectivity index (χ3n) is 2.22. The van der Waals surface area contributed by atoms with Crippen LogP contribution in [0.4, 0.5) is 0 Å². The van der Waals surface area contributed by atoms with Crippen molar-refractivity contribution in [1.82, 2.24) is 0 Å². The van der Waals surface area contributed by atoms with Crippen LogP contribution in [0.2, 0.25) is 5.02 Å². The number of furan rings is 1. The van der Waals surface area contributed by atoms with Gasteiger partial charge in [0.25, 0.3) is 0 Å². The summed E-state index contributed by atoms with van der Waals surface area (Å²) in [7, 11) is 0. The van der Waals surface area contributed by atoms with Crippen molar-refractivity contribution in [3.05, 3.63) is 46.7 Å². The topological polar surface area (TPSA) is 70.3 Å². The molecule has 0 fully saturated rings. The van der Waals surface area contributed by atoms with Gasteiger partial charge in [-0.05, 0) is 18.2 Å². The number of aldehydes is 1. The Balaban J connectivity index is 2.43. The van der Waals surface area contributed by atoms with E-state index in [1.807, 2.05) is 0 Å². The highest BCUT2D eigenvalue weighted by Crippen LogP contribution is 2.26. The summed E-state index contributed by atoms with van der Waals surface area (Å²) in [5, 5.41) is 10.7. The molecule has 0 aliphatic heterocycles. The second-order valence-corrected chi connectivity index (χ2v) is 3.71. The van der Waals surface area contributed by atoms with Crippen molar-refractivity contribution in [2.75, 3.05) is 0 Å². The second kappa shape index (κ2) is 4.43. The molecule has 1 aromatic heterocycles. The number of halogens is 1. The summed E-state index contributed by atoms with van der Waals surface area (Å²) in [6.07, 6.45) is 0.584. The first kappa shape index (κ1) is 11.4. The quantitative estimate of drug-likeness (QED) is 0.778. The van der Waals surface area contributed by atoms with Gasteiger partial charge in [-0.3, -0.25) is 4.79 Å². The van der Waals surface area contributed by atoms with Crippen LogP contribution >= 0.6 is 11.6 Å². The SMILES string of the molecule is O=Cc1ccc(-c2ccc(C(=O)[O-])c(Cl)c2)o1. The Hall–Kier alpha value is -2.07. The standard InChI is InChI=1S/C12H7ClO4/c13-10-5-7(1-3-9(10)12(15)16)11-4-2-8(6-14)17-11/h1-6H,(H,15,16)/p-1. The number of benzene rings is 1. The molecule has 86 valence electrons. The highest BCUT2D eigenvalue weighted by Gasteiger charge is 2.07. The molecule has 0 spiro atoms. The van der Waals surface area contributed by atoms with Crippen LogP contribution in [-0.4, -0.2) is 12.3 Å². The van der Waals surface area contributed by atoms with E-state index >= 15 is 0 Å². The van der Waals surface area contributed by atoms with Gasteiger partial charge in [0.1, 0.15) is 5.76 Å².